The Labute approximate surface area is 216 Å². The minimum Gasteiger partial charge on any atom is -0.341 e. The zero-order valence-electron chi connectivity index (χ0n) is 19.9. The van der Waals surface area contributed by atoms with Crippen molar-refractivity contribution in [3.63, 3.8) is 0 Å². The smallest absolute Gasteiger partial charge is 0.286 e. The Kier molecular flexibility index (Phi) is 7.01. The Hall–Kier alpha value is -2.57. The van der Waals surface area contributed by atoms with E-state index in [-0.39, 0.29) is 4.90 Å². The summed E-state index contributed by atoms with van der Waals surface area (Å²) in [6, 6.07) is 16.5. The first-order chi connectivity index (χ1) is 17.2. The normalized spacial score (nSPS) is 18.6. The van der Waals surface area contributed by atoms with E-state index < -0.39 is 19.9 Å². The number of sulfonamides is 1. The molecule has 8 nitrogen and oxygen atoms in total. The van der Waals surface area contributed by atoms with Crippen molar-refractivity contribution in [1.29, 1.82) is 0 Å². The summed E-state index contributed by atoms with van der Waals surface area (Å²) in [5.74, 6) is 0.419. The van der Waals surface area contributed by atoms with Gasteiger partial charge in [0.05, 0.1) is 17.1 Å². The molecule has 1 saturated heterocycles. The molecule has 0 spiro atoms. The SMILES string of the molecule is CS(=O)(=O)c1ccccc1CN1CCCN(CC2=NS(=O)(=O)c3cc(-c4cccs4)ccc3N2)CC1. The molecule has 2 aromatic carbocycles. The third-order valence-corrected chi connectivity index (χ3v) is 9.87. The molecule has 36 heavy (non-hydrogen) atoms. The second kappa shape index (κ2) is 10.1. The van der Waals surface area contributed by atoms with Gasteiger partial charge in [0.25, 0.3) is 10.0 Å². The lowest BCUT2D eigenvalue weighted by Crippen LogP contribution is -2.38. The highest BCUT2D eigenvalue weighted by molar-refractivity contribution is 7.91. The van der Waals surface area contributed by atoms with Crippen LogP contribution in [0.4, 0.5) is 5.69 Å². The van der Waals surface area contributed by atoms with E-state index in [0.717, 1.165) is 48.6 Å². The molecule has 0 atom stereocenters. The predicted octanol–water partition coefficient (Wildman–Crippen LogP) is 3.54. The Morgan fingerprint density at radius 2 is 1.72 bits per heavy atom. The average Bonchev–Trinajstić information content (AvgIpc) is 3.28. The second-order valence-corrected chi connectivity index (χ2v) is 13.6. The molecule has 0 bridgehead atoms. The van der Waals surface area contributed by atoms with Crippen LogP contribution in [-0.2, 0) is 26.4 Å². The molecule has 3 aromatic rings. The zero-order valence-corrected chi connectivity index (χ0v) is 22.4. The third-order valence-electron chi connectivity index (χ3n) is 6.40. The molecule has 2 aliphatic rings. The molecule has 3 heterocycles. The zero-order chi connectivity index (χ0) is 25.3. The number of benzene rings is 2. The molecule has 0 amide bonds. The predicted molar refractivity (Wildman–Crippen MR) is 144 cm³/mol. The number of anilines is 1. The summed E-state index contributed by atoms with van der Waals surface area (Å²) in [6.45, 7) is 4.07. The average molecular weight is 545 g/mol. The highest BCUT2D eigenvalue weighted by Gasteiger charge is 2.27. The Morgan fingerprint density at radius 1 is 0.972 bits per heavy atom. The molecule has 0 saturated carbocycles. The molecule has 11 heteroatoms. The molecule has 1 fully saturated rings. The van der Waals surface area contributed by atoms with Crippen molar-refractivity contribution in [1.82, 2.24) is 9.80 Å². The molecular weight excluding hydrogens is 517 g/mol. The molecular formula is C25H28N4O4S3. The van der Waals surface area contributed by atoms with Crippen LogP contribution in [0, 0.1) is 0 Å². The van der Waals surface area contributed by atoms with Crippen LogP contribution in [-0.4, -0.2) is 71.5 Å². The van der Waals surface area contributed by atoms with Crippen LogP contribution in [0.2, 0.25) is 0 Å². The van der Waals surface area contributed by atoms with Gasteiger partial charge in [0, 0.05) is 30.8 Å². The number of rotatable bonds is 6. The number of sulfone groups is 1. The van der Waals surface area contributed by atoms with Gasteiger partial charge in [0.2, 0.25) is 0 Å². The second-order valence-electron chi connectivity index (χ2n) is 9.11. The fourth-order valence-electron chi connectivity index (χ4n) is 4.67. The molecule has 0 radical (unpaired) electrons. The van der Waals surface area contributed by atoms with Gasteiger partial charge in [0.15, 0.2) is 9.84 Å². The highest BCUT2D eigenvalue weighted by Crippen LogP contribution is 2.33. The lowest BCUT2D eigenvalue weighted by atomic mass is 10.1. The van der Waals surface area contributed by atoms with Gasteiger partial charge in [-0.3, -0.25) is 9.80 Å². The molecule has 0 unspecified atom stereocenters. The van der Waals surface area contributed by atoms with E-state index >= 15 is 0 Å². The van der Waals surface area contributed by atoms with Crippen molar-refractivity contribution in [2.45, 2.75) is 22.8 Å². The van der Waals surface area contributed by atoms with Crippen LogP contribution in [0.1, 0.15) is 12.0 Å². The van der Waals surface area contributed by atoms with Crippen molar-refractivity contribution >= 4 is 42.7 Å². The summed E-state index contributed by atoms with van der Waals surface area (Å²) in [6.07, 6.45) is 2.13. The van der Waals surface area contributed by atoms with E-state index in [9.17, 15) is 16.8 Å². The number of hydrogen-bond acceptors (Lipinski definition) is 8. The largest absolute Gasteiger partial charge is 0.341 e. The van der Waals surface area contributed by atoms with Gasteiger partial charge in [0.1, 0.15) is 10.7 Å². The molecule has 1 N–H and O–H groups in total. The number of amidine groups is 1. The van der Waals surface area contributed by atoms with Crippen LogP contribution >= 0.6 is 11.3 Å². The number of hydrogen-bond donors (Lipinski definition) is 1. The van der Waals surface area contributed by atoms with Crippen LogP contribution in [0.25, 0.3) is 10.4 Å². The van der Waals surface area contributed by atoms with Gasteiger partial charge in [-0.2, -0.15) is 8.42 Å². The summed E-state index contributed by atoms with van der Waals surface area (Å²) in [4.78, 5) is 6.02. The number of thiophene rings is 1. The number of nitrogens with one attached hydrogen (secondary N) is 1. The minimum absolute atomic E-state index is 0.198. The Bertz CT molecular complexity index is 1500. The summed E-state index contributed by atoms with van der Waals surface area (Å²) >= 11 is 1.56. The topological polar surface area (TPSA) is 99.2 Å². The Morgan fingerprint density at radius 3 is 2.44 bits per heavy atom. The molecule has 5 rings (SSSR count). The summed E-state index contributed by atoms with van der Waals surface area (Å²) in [7, 11) is -7.09. The first-order valence-electron chi connectivity index (χ1n) is 11.7. The van der Waals surface area contributed by atoms with Crippen molar-refractivity contribution in [3.8, 4) is 10.4 Å². The van der Waals surface area contributed by atoms with Crippen LogP contribution in [0.15, 0.2) is 74.2 Å². The van der Waals surface area contributed by atoms with E-state index in [2.05, 4.69) is 19.5 Å². The summed E-state index contributed by atoms with van der Waals surface area (Å²) in [5.41, 5.74) is 2.21. The van der Waals surface area contributed by atoms with Gasteiger partial charge >= 0.3 is 0 Å². The monoisotopic (exact) mass is 544 g/mol. The fourth-order valence-corrected chi connectivity index (χ4v) is 7.49. The molecule has 190 valence electrons. The van der Waals surface area contributed by atoms with Crippen LogP contribution in [0.3, 0.4) is 0 Å². The van der Waals surface area contributed by atoms with Crippen molar-refractivity contribution in [3.05, 3.63) is 65.5 Å². The molecule has 0 aliphatic carbocycles. The third kappa shape index (κ3) is 5.55. The van der Waals surface area contributed by atoms with Gasteiger partial charge in [-0.1, -0.05) is 30.3 Å². The van der Waals surface area contributed by atoms with Crippen molar-refractivity contribution in [2.24, 2.45) is 4.40 Å². The maximum atomic E-state index is 13.0. The van der Waals surface area contributed by atoms with E-state index in [1.165, 1.54) is 6.26 Å². The number of nitrogens with zero attached hydrogens (tertiary/aromatic N) is 3. The lowest BCUT2D eigenvalue weighted by Gasteiger charge is -2.25. The molecule has 1 aromatic heterocycles. The van der Waals surface area contributed by atoms with E-state index in [4.69, 9.17) is 0 Å². The summed E-state index contributed by atoms with van der Waals surface area (Å²) in [5, 5.41) is 5.18. The summed E-state index contributed by atoms with van der Waals surface area (Å²) < 4.78 is 54.4. The first-order valence-corrected chi connectivity index (χ1v) is 15.9. The quantitative estimate of drug-likeness (QED) is 0.507. The van der Waals surface area contributed by atoms with Gasteiger partial charge < -0.3 is 5.32 Å². The van der Waals surface area contributed by atoms with Gasteiger partial charge in [-0.15, -0.1) is 15.7 Å². The first kappa shape index (κ1) is 25.1. The van der Waals surface area contributed by atoms with Crippen LogP contribution < -0.4 is 5.32 Å². The Balaban J connectivity index is 1.26. The maximum absolute atomic E-state index is 13.0. The lowest BCUT2D eigenvalue weighted by molar-refractivity contribution is 0.263. The van der Waals surface area contributed by atoms with Crippen molar-refractivity contribution < 1.29 is 16.8 Å². The highest BCUT2D eigenvalue weighted by atomic mass is 32.2. The van der Waals surface area contributed by atoms with Crippen molar-refractivity contribution in [2.75, 3.05) is 44.3 Å². The van der Waals surface area contributed by atoms with E-state index in [1.807, 2.05) is 35.7 Å². The maximum Gasteiger partial charge on any atom is 0.286 e. The van der Waals surface area contributed by atoms with Gasteiger partial charge in [-0.25, -0.2) is 8.42 Å². The standard InChI is InChI=1S/C25H28N4O4S3/c1-35(30,31)23-8-3-2-6-20(23)17-28-11-5-12-29(14-13-28)18-25-26-21-10-9-19(22-7-4-15-34-22)16-24(21)36(32,33)27-25/h2-4,6-10,15-16H,5,11-14,17-18H2,1H3,(H,26,27). The minimum atomic E-state index is -3.80. The fraction of sp³-hybridized carbons (Fsp3) is 0.320. The van der Waals surface area contributed by atoms with Gasteiger partial charge in [-0.05, 0) is 60.3 Å². The van der Waals surface area contributed by atoms with E-state index in [0.29, 0.717) is 29.5 Å². The molecule has 2 aliphatic heterocycles. The number of fused-ring (bicyclic) bond motifs is 1. The van der Waals surface area contributed by atoms with E-state index in [1.54, 1.807) is 35.6 Å². The van der Waals surface area contributed by atoms with Crippen LogP contribution in [0.5, 0.6) is 0 Å².